The first kappa shape index (κ1) is 86.4. The molecule has 0 N–H and O–H groups in total. The summed E-state index contributed by atoms with van der Waals surface area (Å²) in [7, 11) is 1.17. The van der Waals surface area contributed by atoms with Crippen LogP contribution in [0.1, 0.15) is 322 Å². The maximum atomic E-state index is 12.9. The van der Waals surface area contributed by atoms with Crippen LogP contribution in [0.5, 0.6) is 0 Å². The largest absolute Gasteiger partial charge is 0.756 e. The van der Waals surface area contributed by atoms with E-state index in [1.54, 1.807) is 0 Å². The van der Waals surface area contributed by atoms with E-state index in [1.807, 2.05) is 21.1 Å². The quantitative estimate of drug-likeness (QED) is 0.0195. The van der Waals surface area contributed by atoms with Crippen molar-refractivity contribution in [3.05, 3.63) is 122 Å². The molecule has 9 nitrogen and oxygen atoms in total. The van der Waals surface area contributed by atoms with Crippen molar-refractivity contribution in [3.63, 3.8) is 0 Å². The molecule has 0 radical (unpaired) electrons. The summed E-state index contributed by atoms with van der Waals surface area (Å²) >= 11 is 0. The number of hydrogen-bond acceptors (Lipinski definition) is 8. The second-order valence-corrected chi connectivity index (χ2v) is 27.3. The average Bonchev–Trinajstić information content (AvgIpc) is 3.58. The van der Waals surface area contributed by atoms with E-state index >= 15 is 0 Å². The second-order valence-electron chi connectivity index (χ2n) is 25.9. The van der Waals surface area contributed by atoms with Gasteiger partial charge < -0.3 is 27.9 Å². The Labute approximate surface area is 556 Å². The predicted molar refractivity (Wildman–Crippen MR) is 388 cm³/mol. The molecule has 518 valence electrons. The number of carbonyl (C=O) groups excluding carboxylic acids is 2. The molecule has 0 amide bonds. The van der Waals surface area contributed by atoms with Crippen molar-refractivity contribution in [1.82, 2.24) is 0 Å². The molecular weight excluding hydrogens is 1130 g/mol. The maximum absolute atomic E-state index is 12.9. The van der Waals surface area contributed by atoms with Gasteiger partial charge in [-0.25, -0.2) is 0 Å². The third-order valence-corrected chi connectivity index (χ3v) is 16.9. The van der Waals surface area contributed by atoms with Crippen LogP contribution < -0.4 is 4.89 Å². The van der Waals surface area contributed by atoms with Crippen LogP contribution in [-0.4, -0.2) is 70.0 Å². The predicted octanol–water partition coefficient (Wildman–Crippen LogP) is 24.0. The van der Waals surface area contributed by atoms with E-state index in [-0.39, 0.29) is 32.0 Å². The molecule has 0 aliphatic carbocycles. The minimum absolute atomic E-state index is 0.0342. The van der Waals surface area contributed by atoms with Gasteiger partial charge in [0.2, 0.25) is 0 Å². The molecule has 0 fully saturated rings. The van der Waals surface area contributed by atoms with Crippen LogP contribution in [0, 0.1) is 0 Å². The summed E-state index contributed by atoms with van der Waals surface area (Å²) < 4.78 is 34.4. The van der Waals surface area contributed by atoms with Crippen LogP contribution in [-0.2, 0) is 32.7 Å². The Kier molecular flexibility index (Phi) is 67.0. The molecule has 90 heavy (non-hydrogen) atoms. The van der Waals surface area contributed by atoms with Crippen molar-refractivity contribution in [3.8, 4) is 0 Å². The SMILES string of the molecule is CC/C=C\C/C=C\C/C=C\C/C=C\C/C=C\C/C=C\C/C=C\CCCCCCCCCCCCCCCCCC(=O)OC(COC(=O)CCCCCCCCCCCCCCCC/C=C\C/C=C\C/C=C\CCCCCCC)COP(=O)([O-])OCC[N+](C)(C)C. The van der Waals surface area contributed by atoms with Crippen LogP contribution in [0.2, 0.25) is 0 Å². The van der Waals surface area contributed by atoms with Crippen LogP contribution in [0.4, 0.5) is 0 Å². The van der Waals surface area contributed by atoms with Gasteiger partial charge in [0.25, 0.3) is 7.82 Å². The summed E-state index contributed by atoms with van der Waals surface area (Å²) in [5.74, 6) is -0.828. The van der Waals surface area contributed by atoms with Crippen LogP contribution in [0.15, 0.2) is 122 Å². The second kappa shape index (κ2) is 69.7. The van der Waals surface area contributed by atoms with Gasteiger partial charge in [-0.15, -0.1) is 0 Å². The number of phosphoric ester groups is 1. The van der Waals surface area contributed by atoms with Crippen LogP contribution in [0.3, 0.4) is 0 Å². The Balaban J connectivity index is 4.03. The molecule has 0 aromatic rings. The number of likely N-dealkylation sites (N-methyl/N-ethyl adjacent to an activating group) is 1. The molecule has 2 unspecified atom stereocenters. The Morgan fingerprint density at radius 1 is 0.356 bits per heavy atom. The number of phosphoric acid groups is 1. The highest BCUT2D eigenvalue weighted by atomic mass is 31.2. The summed E-state index contributed by atoms with van der Waals surface area (Å²) in [5.41, 5.74) is 0. The first-order valence-corrected chi connectivity index (χ1v) is 38.7. The molecule has 0 heterocycles. The fourth-order valence-corrected chi connectivity index (χ4v) is 11.0. The van der Waals surface area contributed by atoms with Gasteiger partial charge in [-0.05, 0) is 109 Å². The standard InChI is InChI=1S/C80H140NO8P/c1-6-8-10-12-14-16-18-20-22-24-26-28-30-32-34-36-37-38-39-40-41-42-43-45-47-49-51-53-55-57-59-61-63-65-67-69-71-73-80(83)89-78(77-88-90(84,85)87-75-74-81(3,4)5)76-86-79(82)72-70-68-66-64-62-60-58-56-54-52-50-48-46-44-35-33-31-29-27-25-23-21-19-17-15-13-11-9-7-2/h8,10,14,16,19-22,25-28,31-34,37-38,40-41,78H,6-7,9,11-13,15,17-18,23-24,29-30,35-36,39,42-77H2,1-5H3/b10-8-,16-14-,21-19-,22-20-,27-25-,28-26-,33-31-,34-32-,38-37-,41-40-. The van der Waals surface area contributed by atoms with Gasteiger partial charge >= 0.3 is 11.9 Å². The lowest BCUT2D eigenvalue weighted by molar-refractivity contribution is -0.870. The molecule has 0 saturated heterocycles. The summed E-state index contributed by atoms with van der Waals surface area (Å²) in [6, 6.07) is 0. The van der Waals surface area contributed by atoms with E-state index in [0.29, 0.717) is 17.4 Å². The number of nitrogens with zero attached hydrogens (tertiary/aromatic N) is 1. The number of carbonyl (C=O) groups is 2. The van der Waals surface area contributed by atoms with E-state index in [0.717, 1.165) is 96.3 Å². The Bertz CT molecular complexity index is 1940. The zero-order valence-corrected chi connectivity index (χ0v) is 59.9. The first-order chi connectivity index (χ1) is 44.0. The van der Waals surface area contributed by atoms with Gasteiger partial charge in [-0.2, -0.15) is 0 Å². The van der Waals surface area contributed by atoms with Gasteiger partial charge in [0.05, 0.1) is 27.7 Å². The molecule has 0 saturated carbocycles. The molecule has 10 heteroatoms. The fourth-order valence-electron chi connectivity index (χ4n) is 10.3. The molecular formula is C80H140NO8P. The van der Waals surface area contributed by atoms with Crippen LogP contribution in [0.25, 0.3) is 0 Å². The zero-order chi connectivity index (χ0) is 65.5. The third kappa shape index (κ3) is 73.5. The normalized spacial score (nSPS) is 13.8. The van der Waals surface area contributed by atoms with E-state index in [9.17, 15) is 19.0 Å². The van der Waals surface area contributed by atoms with Gasteiger partial charge in [0, 0.05) is 12.8 Å². The number of rotatable bonds is 68. The topological polar surface area (TPSA) is 111 Å². The average molecular weight is 1270 g/mol. The molecule has 0 aliphatic heterocycles. The van der Waals surface area contributed by atoms with E-state index < -0.39 is 26.5 Å². The highest BCUT2D eigenvalue weighted by Gasteiger charge is 2.22. The van der Waals surface area contributed by atoms with E-state index in [2.05, 4.69) is 135 Å². The van der Waals surface area contributed by atoms with Crippen LogP contribution >= 0.6 is 7.82 Å². The molecule has 0 aliphatic rings. The number of quaternary nitrogens is 1. The van der Waals surface area contributed by atoms with E-state index in [4.69, 9.17) is 18.5 Å². The Morgan fingerprint density at radius 2 is 0.633 bits per heavy atom. The number of ether oxygens (including phenoxy) is 2. The summed E-state index contributed by atoms with van der Waals surface area (Å²) in [4.78, 5) is 38.1. The molecule has 0 rings (SSSR count). The minimum atomic E-state index is -4.65. The highest BCUT2D eigenvalue weighted by Crippen LogP contribution is 2.38. The lowest BCUT2D eigenvalue weighted by Crippen LogP contribution is -2.37. The lowest BCUT2D eigenvalue weighted by atomic mass is 10.0. The molecule has 0 aromatic heterocycles. The summed E-state index contributed by atoms with van der Waals surface area (Å²) in [6.07, 6.45) is 100.0. The Hall–Kier alpha value is -3.59. The fraction of sp³-hybridized carbons (Fsp3) is 0.725. The molecule has 2 atom stereocenters. The number of unbranched alkanes of at least 4 members (excludes halogenated alkanes) is 34. The molecule has 0 spiro atoms. The van der Waals surface area contributed by atoms with Gasteiger partial charge in [-0.3, -0.25) is 14.2 Å². The summed E-state index contributed by atoms with van der Waals surface area (Å²) in [5, 5.41) is 0. The molecule has 0 bridgehead atoms. The van der Waals surface area contributed by atoms with Crippen molar-refractivity contribution in [2.45, 2.75) is 328 Å². The zero-order valence-electron chi connectivity index (χ0n) is 59.1. The Morgan fingerprint density at radius 3 is 0.944 bits per heavy atom. The monoisotopic (exact) mass is 1270 g/mol. The molecule has 0 aromatic carbocycles. The highest BCUT2D eigenvalue weighted by molar-refractivity contribution is 7.45. The van der Waals surface area contributed by atoms with Crippen molar-refractivity contribution in [2.24, 2.45) is 0 Å². The van der Waals surface area contributed by atoms with Crippen molar-refractivity contribution >= 4 is 19.8 Å². The van der Waals surface area contributed by atoms with E-state index in [1.165, 1.54) is 193 Å². The van der Waals surface area contributed by atoms with Crippen molar-refractivity contribution < 1.29 is 42.1 Å². The number of hydrogen-bond donors (Lipinski definition) is 0. The number of allylic oxidation sites excluding steroid dienone is 20. The summed E-state index contributed by atoms with van der Waals surface area (Å²) in [6.45, 7) is 4.14. The smallest absolute Gasteiger partial charge is 0.306 e. The third-order valence-electron chi connectivity index (χ3n) is 16.0. The van der Waals surface area contributed by atoms with Gasteiger partial charge in [0.1, 0.15) is 19.8 Å². The van der Waals surface area contributed by atoms with Gasteiger partial charge in [0.15, 0.2) is 6.10 Å². The minimum Gasteiger partial charge on any atom is -0.756 e. The lowest BCUT2D eigenvalue weighted by Gasteiger charge is -2.28. The van der Waals surface area contributed by atoms with Gasteiger partial charge in [-0.1, -0.05) is 322 Å². The van der Waals surface area contributed by atoms with Crippen molar-refractivity contribution in [1.29, 1.82) is 0 Å². The first-order valence-electron chi connectivity index (χ1n) is 37.2. The van der Waals surface area contributed by atoms with Crippen molar-refractivity contribution in [2.75, 3.05) is 47.5 Å². The number of esters is 2. The maximum Gasteiger partial charge on any atom is 0.306 e.